The third-order valence-corrected chi connectivity index (χ3v) is 3.11. The van der Waals surface area contributed by atoms with E-state index in [9.17, 15) is 4.79 Å². The van der Waals surface area contributed by atoms with Crippen LogP contribution in [0, 0.1) is 0 Å². The first-order valence-electron chi connectivity index (χ1n) is 6.53. The van der Waals surface area contributed by atoms with Crippen molar-refractivity contribution in [3.8, 4) is 5.75 Å². The van der Waals surface area contributed by atoms with Gasteiger partial charge < -0.3 is 9.72 Å². The summed E-state index contributed by atoms with van der Waals surface area (Å²) < 4.78 is 5.26. The van der Waals surface area contributed by atoms with Crippen LogP contribution in [0.3, 0.4) is 0 Å². The molecule has 0 spiro atoms. The van der Waals surface area contributed by atoms with E-state index in [0.717, 1.165) is 5.56 Å². The van der Waals surface area contributed by atoms with Gasteiger partial charge in [0.15, 0.2) is 5.82 Å². The Morgan fingerprint density at radius 3 is 3.00 bits per heavy atom. The van der Waals surface area contributed by atoms with Crippen molar-refractivity contribution in [1.29, 1.82) is 0 Å². The average molecular weight is 298 g/mol. The van der Waals surface area contributed by atoms with Crippen molar-refractivity contribution >= 4 is 23.2 Å². The standard InChI is InChI=1S/C14H14N6O2/c1-20(17-7-9-5-3-4-6-10(9)22-2)13-11-12(16-8-15-11)18-14(21)19-13/h3-8H,1-2H3,(H2,15,16,18,19,21). The summed E-state index contributed by atoms with van der Waals surface area (Å²) in [5.74, 6) is 1.08. The fourth-order valence-electron chi connectivity index (χ4n) is 2.05. The van der Waals surface area contributed by atoms with Crippen LogP contribution in [0.4, 0.5) is 5.82 Å². The molecule has 0 amide bonds. The molecule has 22 heavy (non-hydrogen) atoms. The number of aromatic nitrogens is 4. The highest BCUT2D eigenvalue weighted by molar-refractivity contribution is 5.86. The third kappa shape index (κ3) is 2.53. The molecule has 2 aromatic heterocycles. The van der Waals surface area contributed by atoms with Crippen molar-refractivity contribution in [2.45, 2.75) is 0 Å². The lowest BCUT2D eigenvalue weighted by Crippen LogP contribution is -2.19. The summed E-state index contributed by atoms with van der Waals surface area (Å²) in [6.45, 7) is 0. The summed E-state index contributed by atoms with van der Waals surface area (Å²) in [7, 11) is 3.30. The van der Waals surface area contributed by atoms with Gasteiger partial charge in [-0.25, -0.2) is 14.8 Å². The number of benzene rings is 1. The largest absolute Gasteiger partial charge is 0.496 e. The molecule has 112 valence electrons. The number of anilines is 1. The lowest BCUT2D eigenvalue weighted by Gasteiger charge is -2.11. The minimum atomic E-state index is -0.467. The minimum Gasteiger partial charge on any atom is -0.496 e. The van der Waals surface area contributed by atoms with E-state index in [2.05, 4.69) is 25.0 Å². The van der Waals surface area contributed by atoms with Crippen LogP contribution in [0.2, 0.25) is 0 Å². The molecule has 0 aliphatic rings. The second-order valence-electron chi connectivity index (χ2n) is 4.50. The molecule has 8 heteroatoms. The first-order chi connectivity index (χ1) is 10.7. The van der Waals surface area contributed by atoms with Crippen molar-refractivity contribution in [2.75, 3.05) is 19.2 Å². The fraction of sp³-hybridized carbons (Fsp3) is 0.143. The first kappa shape index (κ1) is 13.8. The maximum atomic E-state index is 11.6. The third-order valence-electron chi connectivity index (χ3n) is 3.11. The molecule has 1 aromatic carbocycles. The molecular formula is C14H14N6O2. The number of imidazole rings is 1. The number of nitrogens with zero attached hydrogens (tertiary/aromatic N) is 4. The van der Waals surface area contributed by atoms with E-state index in [-0.39, 0.29) is 0 Å². The molecule has 3 aromatic rings. The second-order valence-corrected chi connectivity index (χ2v) is 4.50. The minimum absolute atomic E-state index is 0.367. The molecule has 3 rings (SSSR count). The SMILES string of the molecule is COc1ccccc1C=NN(C)c1nc(=O)[nH]c2[nH]cnc12. The van der Waals surface area contributed by atoms with Crippen LogP contribution in [-0.2, 0) is 0 Å². The highest BCUT2D eigenvalue weighted by Crippen LogP contribution is 2.18. The number of rotatable bonds is 4. The van der Waals surface area contributed by atoms with Crippen molar-refractivity contribution in [1.82, 2.24) is 19.9 Å². The van der Waals surface area contributed by atoms with Gasteiger partial charge in [-0.1, -0.05) is 12.1 Å². The Balaban J connectivity index is 1.96. The topological polar surface area (TPSA) is 99.3 Å². The summed E-state index contributed by atoms with van der Waals surface area (Å²) in [6.07, 6.45) is 3.13. The molecular weight excluding hydrogens is 284 g/mol. The van der Waals surface area contributed by atoms with Gasteiger partial charge in [0.05, 0.1) is 19.7 Å². The molecule has 2 heterocycles. The monoisotopic (exact) mass is 298 g/mol. The number of H-pyrrole nitrogens is 2. The van der Waals surface area contributed by atoms with Crippen LogP contribution in [-0.4, -0.2) is 40.3 Å². The van der Waals surface area contributed by atoms with E-state index in [1.165, 1.54) is 11.3 Å². The zero-order valence-electron chi connectivity index (χ0n) is 12.1. The van der Waals surface area contributed by atoms with Crippen LogP contribution in [0.25, 0.3) is 11.2 Å². The normalized spacial score (nSPS) is 11.2. The Kier molecular flexibility index (Phi) is 3.57. The molecule has 0 saturated carbocycles. The van der Waals surface area contributed by atoms with Crippen LogP contribution < -0.4 is 15.4 Å². The van der Waals surface area contributed by atoms with Gasteiger partial charge in [-0.2, -0.15) is 10.1 Å². The molecule has 0 fully saturated rings. The molecule has 0 atom stereocenters. The number of nitrogens with one attached hydrogen (secondary N) is 2. The Morgan fingerprint density at radius 1 is 1.36 bits per heavy atom. The van der Waals surface area contributed by atoms with Gasteiger partial charge in [0.2, 0.25) is 0 Å². The van der Waals surface area contributed by atoms with Crippen LogP contribution in [0.5, 0.6) is 5.75 Å². The smallest absolute Gasteiger partial charge is 0.348 e. The summed E-state index contributed by atoms with van der Waals surface area (Å²) in [6, 6.07) is 7.50. The van der Waals surface area contributed by atoms with E-state index in [1.54, 1.807) is 20.4 Å². The van der Waals surface area contributed by atoms with Gasteiger partial charge in [-0.3, -0.25) is 4.98 Å². The van der Waals surface area contributed by atoms with Gasteiger partial charge in [0.25, 0.3) is 0 Å². The van der Waals surface area contributed by atoms with Gasteiger partial charge in [-0.05, 0) is 12.1 Å². The second kappa shape index (κ2) is 5.68. The maximum absolute atomic E-state index is 11.6. The van der Waals surface area contributed by atoms with Crippen molar-refractivity contribution in [3.63, 3.8) is 0 Å². The predicted octanol–water partition coefficient (Wildman–Crippen LogP) is 1.13. The van der Waals surface area contributed by atoms with E-state index in [0.29, 0.717) is 22.7 Å². The van der Waals surface area contributed by atoms with E-state index >= 15 is 0 Å². The number of ether oxygens (including phenoxy) is 1. The molecule has 8 nitrogen and oxygen atoms in total. The number of methoxy groups -OCH3 is 1. The first-order valence-corrected chi connectivity index (χ1v) is 6.53. The van der Waals surface area contributed by atoms with Crippen LogP contribution in [0.1, 0.15) is 5.56 Å². The Hall–Kier alpha value is -3.16. The summed E-state index contributed by atoms with van der Waals surface area (Å²) in [5, 5.41) is 5.79. The van der Waals surface area contributed by atoms with E-state index in [1.807, 2.05) is 24.3 Å². The van der Waals surface area contributed by atoms with Gasteiger partial charge >= 0.3 is 5.69 Å². The lowest BCUT2D eigenvalue weighted by atomic mass is 10.2. The highest BCUT2D eigenvalue weighted by atomic mass is 16.5. The molecule has 0 radical (unpaired) electrons. The molecule has 0 bridgehead atoms. The number of hydrogen-bond acceptors (Lipinski definition) is 6. The molecule has 2 N–H and O–H groups in total. The van der Waals surface area contributed by atoms with Crippen molar-refractivity contribution in [2.24, 2.45) is 5.10 Å². The van der Waals surface area contributed by atoms with Crippen LogP contribution in [0.15, 0.2) is 40.5 Å². The zero-order valence-corrected chi connectivity index (χ0v) is 12.1. The quantitative estimate of drug-likeness (QED) is 0.555. The number of para-hydroxylation sites is 1. The zero-order chi connectivity index (χ0) is 15.5. The summed E-state index contributed by atoms with van der Waals surface area (Å²) >= 11 is 0. The number of hydrazone groups is 1. The Labute approximate surface area is 125 Å². The number of fused-ring (bicyclic) bond motifs is 1. The highest BCUT2D eigenvalue weighted by Gasteiger charge is 2.11. The van der Waals surface area contributed by atoms with E-state index in [4.69, 9.17) is 4.74 Å². The fourth-order valence-corrected chi connectivity index (χ4v) is 2.05. The molecule has 0 aliphatic heterocycles. The van der Waals surface area contributed by atoms with Crippen LogP contribution >= 0.6 is 0 Å². The molecule has 0 aliphatic carbocycles. The van der Waals surface area contributed by atoms with E-state index < -0.39 is 5.69 Å². The van der Waals surface area contributed by atoms with Gasteiger partial charge in [0.1, 0.15) is 16.9 Å². The van der Waals surface area contributed by atoms with Crippen molar-refractivity contribution in [3.05, 3.63) is 46.6 Å². The average Bonchev–Trinajstić information content (AvgIpc) is 3.00. The van der Waals surface area contributed by atoms with Gasteiger partial charge in [-0.15, -0.1) is 0 Å². The summed E-state index contributed by atoms with van der Waals surface area (Å²) in [5.41, 5.74) is 1.40. The predicted molar refractivity (Wildman–Crippen MR) is 83.5 cm³/mol. The summed E-state index contributed by atoms with van der Waals surface area (Å²) in [4.78, 5) is 25.0. The lowest BCUT2D eigenvalue weighted by molar-refractivity contribution is 0.414. The number of aromatic amines is 2. The molecule has 0 saturated heterocycles. The maximum Gasteiger partial charge on any atom is 0.348 e. The Bertz CT molecular complexity index is 882. The number of hydrogen-bond donors (Lipinski definition) is 2. The molecule has 0 unspecified atom stereocenters. The van der Waals surface area contributed by atoms with Crippen molar-refractivity contribution < 1.29 is 4.74 Å². The Morgan fingerprint density at radius 2 is 2.18 bits per heavy atom. The van der Waals surface area contributed by atoms with Gasteiger partial charge in [0, 0.05) is 12.6 Å².